The molecule has 2 heterocycles. The molecule has 1 saturated heterocycles. The quantitative estimate of drug-likeness (QED) is 0.785. The van der Waals surface area contributed by atoms with Crippen LogP contribution in [0.3, 0.4) is 0 Å². The second kappa shape index (κ2) is 9.42. The second-order valence-corrected chi connectivity index (χ2v) is 7.63. The number of ether oxygens (including phenoxy) is 1. The maximum atomic E-state index is 9.74. The zero-order valence-corrected chi connectivity index (χ0v) is 16.0. The van der Waals surface area contributed by atoms with Gasteiger partial charge < -0.3 is 14.7 Å². The van der Waals surface area contributed by atoms with Gasteiger partial charge in [-0.15, -0.1) is 0 Å². The highest BCUT2D eigenvalue weighted by Crippen LogP contribution is 2.24. The average Bonchev–Trinajstić information content (AvgIpc) is 2.66. The second-order valence-electron chi connectivity index (χ2n) is 7.63. The lowest BCUT2D eigenvalue weighted by atomic mass is 9.89. The standard InChI is InChI=1S/C21H31N3O2/c1-23(8-9-26-2)12-18-10-19(16-25)15-24(14-18)13-17-5-6-21-20(11-17)4-3-7-22-21/h3-7,11,18-19,25H,8-10,12-16H2,1-2H3/t18-,19+/m0/s1. The minimum Gasteiger partial charge on any atom is -0.396 e. The third kappa shape index (κ3) is 5.24. The number of aliphatic hydroxyl groups excluding tert-OH is 1. The molecule has 0 aliphatic carbocycles. The van der Waals surface area contributed by atoms with Gasteiger partial charge in [0.1, 0.15) is 0 Å². The molecule has 5 nitrogen and oxygen atoms in total. The Balaban J connectivity index is 1.63. The fourth-order valence-electron chi connectivity index (χ4n) is 4.08. The summed E-state index contributed by atoms with van der Waals surface area (Å²) in [7, 11) is 3.90. The molecule has 0 spiro atoms. The summed E-state index contributed by atoms with van der Waals surface area (Å²) in [6, 6.07) is 10.6. The highest BCUT2D eigenvalue weighted by atomic mass is 16.5. The third-order valence-electron chi connectivity index (χ3n) is 5.28. The van der Waals surface area contributed by atoms with E-state index < -0.39 is 0 Å². The Labute approximate surface area is 156 Å². The van der Waals surface area contributed by atoms with Crippen molar-refractivity contribution in [3.63, 3.8) is 0 Å². The maximum absolute atomic E-state index is 9.74. The molecule has 1 aromatic heterocycles. The number of piperidine rings is 1. The van der Waals surface area contributed by atoms with Crippen LogP contribution >= 0.6 is 0 Å². The molecule has 142 valence electrons. The number of benzene rings is 1. The van der Waals surface area contributed by atoms with Crippen molar-refractivity contribution in [2.45, 2.75) is 13.0 Å². The Kier molecular flexibility index (Phi) is 6.97. The van der Waals surface area contributed by atoms with Gasteiger partial charge in [0.05, 0.1) is 12.1 Å². The molecule has 0 amide bonds. The van der Waals surface area contributed by atoms with Gasteiger partial charge in [0.2, 0.25) is 0 Å². The number of likely N-dealkylation sites (tertiary alicyclic amines) is 1. The molecule has 2 aromatic rings. The van der Waals surface area contributed by atoms with Gasteiger partial charge in [0, 0.05) is 58.0 Å². The van der Waals surface area contributed by atoms with Crippen molar-refractivity contribution in [1.29, 1.82) is 0 Å². The summed E-state index contributed by atoms with van der Waals surface area (Å²) in [6.45, 7) is 6.03. The summed E-state index contributed by atoms with van der Waals surface area (Å²) >= 11 is 0. The van der Waals surface area contributed by atoms with Crippen LogP contribution in [0.15, 0.2) is 36.5 Å². The van der Waals surface area contributed by atoms with Crippen LogP contribution in [-0.4, -0.2) is 73.4 Å². The lowest BCUT2D eigenvalue weighted by molar-refractivity contribution is 0.0615. The fraction of sp³-hybridized carbons (Fsp3) is 0.571. The highest BCUT2D eigenvalue weighted by molar-refractivity contribution is 5.78. The van der Waals surface area contributed by atoms with E-state index in [1.54, 1.807) is 7.11 Å². The molecule has 1 N–H and O–H groups in total. The predicted octanol–water partition coefficient (Wildman–Crippen LogP) is 2.24. The molecular weight excluding hydrogens is 326 g/mol. The van der Waals surface area contributed by atoms with Crippen LogP contribution in [0, 0.1) is 11.8 Å². The van der Waals surface area contributed by atoms with Crippen LogP contribution < -0.4 is 0 Å². The Morgan fingerprint density at radius 3 is 2.92 bits per heavy atom. The van der Waals surface area contributed by atoms with Crippen LogP contribution in [0.25, 0.3) is 10.9 Å². The number of likely N-dealkylation sites (N-methyl/N-ethyl adjacent to an activating group) is 1. The first kappa shape index (κ1) is 19.2. The normalized spacial score (nSPS) is 21.5. The van der Waals surface area contributed by atoms with Crippen molar-refractivity contribution in [3.8, 4) is 0 Å². The van der Waals surface area contributed by atoms with Gasteiger partial charge in [0.15, 0.2) is 0 Å². The van der Waals surface area contributed by atoms with Gasteiger partial charge in [-0.3, -0.25) is 9.88 Å². The Hall–Kier alpha value is -1.53. The lowest BCUT2D eigenvalue weighted by Gasteiger charge is -2.38. The van der Waals surface area contributed by atoms with E-state index in [1.807, 2.05) is 12.3 Å². The molecule has 0 saturated carbocycles. The van der Waals surface area contributed by atoms with E-state index in [0.717, 1.165) is 51.3 Å². The van der Waals surface area contributed by atoms with E-state index >= 15 is 0 Å². The molecule has 1 aromatic carbocycles. The predicted molar refractivity (Wildman–Crippen MR) is 105 cm³/mol. The molecule has 1 aliphatic rings. The first-order valence-electron chi connectivity index (χ1n) is 9.52. The average molecular weight is 357 g/mol. The van der Waals surface area contributed by atoms with E-state index in [4.69, 9.17) is 4.74 Å². The number of pyridine rings is 1. The fourth-order valence-corrected chi connectivity index (χ4v) is 4.08. The Morgan fingerprint density at radius 1 is 1.27 bits per heavy atom. The molecule has 1 fully saturated rings. The minimum absolute atomic E-state index is 0.274. The molecule has 26 heavy (non-hydrogen) atoms. The van der Waals surface area contributed by atoms with Crippen LogP contribution in [0.5, 0.6) is 0 Å². The largest absolute Gasteiger partial charge is 0.396 e. The van der Waals surface area contributed by atoms with E-state index in [2.05, 4.69) is 46.1 Å². The maximum Gasteiger partial charge on any atom is 0.0702 e. The SMILES string of the molecule is COCCN(C)C[C@@H]1C[C@@H](CO)CN(Cc2ccc3ncccc3c2)C1. The van der Waals surface area contributed by atoms with Gasteiger partial charge in [-0.2, -0.15) is 0 Å². The number of hydrogen-bond donors (Lipinski definition) is 1. The first-order chi connectivity index (χ1) is 12.7. The van der Waals surface area contributed by atoms with Crippen molar-refractivity contribution >= 4 is 10.9 Å². The monoisotopic (exact) mass is 357 g/mol. The molecule has 3 rings (SSSR count). The number of nitrogens with zero attached hydrogens (tertiary/aromatic N) is 3. The number of fused-ring (bicyclic) bond motifs is 1. The number of hydrogen-bond acceptors (Lipinski definition) is 5. The van der Waals surface area contributed by atoms with E-state index in [-0.39, 0.29) is 6.61 Å². The van der Waals surface area contributed by atoms with Crippen LogP contribution in [-0.2, 0) is 11.3 Å². The summed E-state index contributed by atoms with van der Waals surface area (Å²) in [4.78, 5) is 9.24. The first-order valence-corrected chi connectivity index (χ1v) is 9.52. The van der Waals surface area contributed by atoms with Crippen molar-refractivity contribution in [2.24, 2.45) is 11.8 Å². The van der Waals surface area contributed by atoms with E-state index in [9.17, 15) is 5.11 Å². The summed E-state index contributed by atoms with van der Waals surface area (Å²) < 4.78 is 5.18. The lowest BCUT2D eigenvalue weighted by Crippen LogP contribution is -2.45. The molecule has 1 aliphatic heterocycles. The van der Waals surface area contributed by atoms with Gasteiger partial charge in [0.25, 0.3) is 0 Å². The van der Waals surface area contributed by atoms with E-state index in [1.165, 1.54) is 10.9 Å². The molecule has 5 heteroatoms. The van der Waals surface area contributed by atoms with Crippen LogP contribution in [0.2, 0.25) is 0 Å². The topological polar surface area (TPSA) is 48.8 Å². The number of aromatic nitrogens is 1. The molecular formula is C21H31N3O2. The summed E-state index contributed by atoms with van der Waals surface area (Å²) in [5, 5.41) is 10.9. The zero-order valence-electron chi connectivity index (χ0n) is 16.0. The molecule has 0 radical (unpaired) electrons. The summed E-state index contributed by atoms with van der Waals surface area (Å²) in [5.74, 6) is 0.955. The van der Waals surface area contributed by atoms with Gasteiger partial charge in [-0.1, -0.05) is 12.1 Å². The Morgan fingerprint density at radius 2 is 2.12 bits per heavy atom. The zero-order chi connectivity index (χ0) is 18.4. The number of rotatable bonds is 8. The van der Waals surface area contributed by atoms with Crippen molar-refractivity contribution in [2.75, 3.05) is 53.6 Å². The summed E-state index contributed by atoms with van der Waals surface area (Å²) in [6.07, 6.45) is 2.94. The van der Waals surface area contributed by atoms with Crippen molar-refractivity contribution in [3.05, 3.63) is 42.1 Å². The molecule has 2 atom stereocenters. The highest BCUT2D eigenvalue weighted by Gasteiger charge is 2.27. The van der Waals surface area contributed by atoms with E-state index in [0.29, 0.717) is 11.8 Å². The van der Waals surface area contributed by atoms with Gasteiger partial charge in [-0.25, -0.2) is 0 Å². The van der Waals surface area contributed by atoms with Crippen molar-refractivity contribution < 1.29 is 9.84 Å². The smallest absolute Gasteiger partial charge is 0.0702 e. The van der Waals surface area contributed by atoms with Crippen molar-refractivity contribution in [1.82, 2.24) is 14.8 Å². The Bertz CT molecular complexity index is 694. The van der Waals surface area contributed by atoms with Crippen LogP contribution in [0.1, 0.15) is 12.0 Å². The minimum atomic E-state index is 0.274. The third-order valence-corrected chi connectivity index (χ3v) is 5.28. The molecule has 0 unspecified atom stereocenters. The number of aliphatic hydroxyl groups is 1. The van der Waals surface area contributed by atoms with Gasteiger partial charge in [-0.05, 0) is 49.1 Å². The summed E-state index contributed by atoms with van der Waals surface area (Å²) in [5.41, 5.74) is 2.36. The van der Waals surface area contributed by atoms with Gasteiger partial charge >= 0.3 is 0 Å². The van der Waals surface area contributed by atoms with Crippen LogP contribution in [0.4, 0.5) is 0 Å². The molecule has 0 bridgehead atoms. The number of methoxy groups -OCH3 is 1.